The van der Waals surface area contributed by atoms with Crippen LogP contribution in [0, 0.1) is 13.8 Å². The first kappa shape index (κ1) is 21.8. The Morgan fingerprint density at radius 2 is 1.50 bits per heavy atom. The minimum absolute atomic E-state index is 0.282. The van der Waals surface area contributed by atoms with Crippen LogP contribution in [0.15, 0.2) is 48.5 Å². The largest absolute Gasteiger partial charge is 0.491 e. The highest BCUT2D eigenvalue weighted by Gasteiger charge is 2.29. The average molecular weight is 405 g/mol. The zero-order chi connectivity index (χ0) is 20.9. The minimum Gasteiger partial charge on any atom is -0.491 e. The van der Waals surface area contributed by atoms with Crippen LogP contribution in [0.4, 0.5) is 5.69 Å². The number of amides is 1. The molecule has 0 heterocycles. The number of ether oxygens (including phenoxy) is 1. The summed E-state index contributed by atoms with van der Waals surface area (Å²) in [5.74, 6) is 0.336. The Balaban J connectivity index is 2.03. The molecule has 0 bridgehead atoms. The van der Waals surface area contributed by atoms with Crippen LogP contribution >= 0.6 is 0 Å². The van der Waals surface area contributed by atoms with Gasteiger partial charge in [0.2, 0.25) is 15.9 Å². The highest BCUT2D eigenvalue weighted by Crippen LogP contribution is 2.21. The highest BCUT2D eigenvalue weighted by molar-refractivity contribution is 7.92. The number of sulfonamides is 1. The third kappa shape index (κ3) is 5.99. The molecular weight excluding hydrogens is 376 g/mol. The Kier molecular flexibility index (Phi) is 7.07. The molecule has 28 heavy (non-hydrogen) atoms. The monoisotopic (exact) mass is 404 g/mol. The van der Waals surface area contributed by atoms with Crippen LogP contribution in [0.2, 0.25) is 0 Å². The van der Waals surface area contributed by atoms with Crippen molar-refractivity contribution in [3.05, 3.63) is 59.7 Å². The van der Waals surface area contributed by atoms with Crippen LogP contribution in [-0.4, -0.2) is 39.3 Å². The first-order valence-corrected chi connectivity index (χ1v) is 11.0. The molecular formula is C21H28N2O4S. The summed E-state index contributed by atoms with van der Waals surface area (Å²) in [6, 6.07) is 13.5. The Labute approximate surface area is 167 Å². The van der Waals surface area contributed by atoms with Gasteiger partial charge in [0, 0.05) is 0 Å². The first-order chi connectivity index (χ1) is 13.1. The van der Waals surface area contributed by atoms with Gasteiger partial charge < -0.3 is 10.1 Å². The minimum atomic E-state index is -3.63. The molecule has 0 aromatic heterocycles. The van der Waals surface area contributed by atoms with E-state index in [1.165, 1.54) is 0 Å². The molecule has 2 aromatic carbocycles. The quantitative estimate of drug-likeness (QED) is 0.734. The lowest BCUT2D eigenvalue weighted by Gasteiger charge is -2.29. The summed E-state index contributed by atoms with van der Waals surface area (Å²) in [5.41, 5.74) is 2.61. The smallest absolute Gasteiger partial charge is 0.243 e. The molecule has 1 amide bonds. The van der Waals surface area contributed by atoms with E-state index in [0.717, 1.165) is 27.4 Å². The van der Waals surface area contributed by atoms with Crippen LogP contribution in [-0.2, 0) is 14.8 Å². The number of hydrogen-bond acceptors (Lipinski definition) is 4. The van der Waals surface area contributed by atoms with Crippen molar-refractivity contribution >= 4 is 21.6 Å². The van der Waals surface area contributed by atoms with Crippen molar-refractivity contribution in [2.75, 3.05) is 17.2 Å². The molecule has 2 rings (SSSR count). The lowest BCUT2D eigenvalue weighted by atomic mass is 10.2. The van der Waals surface area contributed by atoms with E-state index >= 15 is 0 Å². The summed E-state index contributed by atoms with van der Waals surface area (Å²) in [4.78, 5) is 12.7. The summed E-state index contributed by atoms with van der Waals surface area (Å²) in [7, 11) is -3.63. The molecule has 2 aromatic rings. The number of anilines is 1. The van der Waals surface area contributed by atoms with Crippen molar-refractivity contribution < 1.29 is 17.9 Å². The van der Waals surface area contributed by atoms with E-state index in [0.29, 0.717) is 5.69 Å². The van der Waals surface area contributed by atoms with Gasteiger partial charge in [-0.2, -0.15) is 0 Å². The molecule has 0 radical (unpaired) electrons. The molecule has 0 fully saturated rings. The van der Waals surface area contributed by atoms with Gasteiger partial charge in [0.25, 0.3) is 0 Å². The van der Waals surface area contributed by atoms with Crippen molar-refractivity contribution in [1.29, 1.82) is 0 Å². The van der Waals surface area contributed by atoms with Crippen LogP contribution in [0.1, 0.15) is 25.0 Å². The third-order valence-electron chi connectivity index (χ3n) is 4.29. The Hall–Kier alpha value is -2.54. The van der Waals surface area contributed by atoms with Gasteiger partial charge in [-0.25, -0.2) is 8.42 Å². The molecule has 0 saturated heterocycles. The van der Waals surface area contributed by atoms with Gasteiger partial charge in [-0.3, -0.25) is 9.10 Å². The van der Waals surface area contributed by atoms with Gasteiger partial charge in [-0.1, -0.05) is 35.4 Å². The van der Waals surface area contributed by atoms with Gasteiger partial charge in [0.15, 0.2) is 0 Å². The normalized spacial score (nSPS) is 13.5. The predicted molar refractivity (Wildman–Crippen MR) is 112 cm³/mol. The van der Waals surface area contributed by atoms with Gasteiger partial charge in [0.1, 0.15) is 18.4 Å². The van der Waals surface area contributed by atoms with Crippen molar-refractivity contribution in [3.8, 4) is 5.75 Å². The van der Waals surface area contributed by atoms with E-state index in [4.69, 9.17) is 4.74 Å². The average Bonchev–Trinajstić information content (AvgIpc) is 2.62. The van der Waals surface area contributed by atoms with E-state index in [-0.39, 0.29) is 18.6 Å². The van der Waals surface area contributed by atoms with Crippen LogP contribution < -0.4 is 14.4 Å². The zero-order valence-electron chi connectivity index (χ0n) is 17.0. The summed E-state index contributed by atoms with van der Waals surface area (Å²) in [5, 5.41) is 2.82. The second-order valence-corrected chi connectivity index (χ2v) is 8.96. The maximum atomic E-state index is 12.7. The van der Waals surface area contributed by atoms with Gasteiger partial charge >= 0.3 is 0 Å². The number of carbonyl (C=O) groups excluding carboxylic acids is 1. The number of carbonyl (C=O) groups is 1. The van der Waals surface area contributed by atoms with Gasteiger partial charge in [0.05, 0.1) is 18.0 Å². The van der Waals surface area contributed by atoms with E-state index in [9.17, 15) is 13.2 Å². The molecule has 0 unspecified atom stereocenters. The van der Waals surface area contributed by atoms with Crippen LogP contribution in [0.3, 0.4) is 0 Å². The van der Waals surface area contributed by atoms with Crippen molar-refractivity contribution in [2.45, 2.75) is 39.8 Å². The Morgan fingerprint density at radius 1 is 1.00 bits per heavy atom. The van der Waals surface area contributed by atoms with Gasteiger partial charge in [-0.05, 0) is 52.0 Å². The molecule has 0 spiro atoms. The predicted octanol–water partition coefficient (Wildman–Crippen LogP) is 3.04. The molecule has 6 nitrogen and oxygen atoms in total. The summed E-state index contributed by atoms with van der Waals surface area (Å²) < 4.78 is 31.4. The second-order valence-electron chi connectivity index (χ2n) is 7.10. The number of benzene rings is 2. The number of hydrogen-bond donors (Lipinski definition) is 1. The molecule has 0 aliphatic carbocycles. The van der Waals surface area contributed by atoms with Crippen molar-refractivity contribution in [1.82, 2.24) is 5.32 Å². The molecule has 2 atom stereocenters. The third-order valence-corrected chi connectivity index (χ3v) is 5.53. The summed E-state index contributed by atoms with van der Waals surface area (Å²) >= 11 is 0. The van der Waals surface area contributed by atoms with E-state index < -0.39 is 16.1 Å². The molecule has 0 saturated carbocycles. The topological polar surface area (TPSA) is 75.7 Å². The lowest BCUT2D eigenvalue weighted by molar-refractivity contribution is -0.122. The molecule has 0 aliphatic heterocycles. The standard InChI is InChI=1S/C21H28N2O4S/c1-15-6-10-19(11-7-15)23(28(5,25)26)18(4)21(24)22-17(3)14-27-20-12-8-16(2)9-13-20/h6-13,17-18H,14H2,1-5H3,(H,22,24)/t17-,18-/m0/s1. The number of nitrogens with zero attached hydrogens (tertiary/aromatic N) is 1. The Bertz CT molecular complexity index is 893. The molecule has 7 heteroatoms. The number of aryl methyl sites for hydroxylation is 2. The van der Waals surface area contributed by atoms with Crippen molar-refractivity contribution in [2.24, 2.45) is 0 Å². The molecule has 0 aliphatic rings. The van der Waals surface area contributed by atoms with E-state index in [1.807, 2.05) is 57.2 Å². The van der Waals surface area contributed by atoms with Crippen LogP contribution in [0.5, 0.6) is 5.75 Å². The number of nitrogens with one attached hydrogen (secondary N) is 1. The number of rotatable bonds is 8. The van der Waals surface area contributed by atoms with Crippen LogP contribution in [0.25, 0.3) is 0 Å². The lowest BCUT2D eigenvalue weighted by Crippen LogP contribution is -2.50. The zero-order valence-corrected chi connectivity index (χ0v) is 17.8. The highest BCUT2D eigenvalue weighted by atomic mass is 32.2. The fraction of sp³-hybridized carbons (Fsp3) is 0.381. The fourth-order valence-electron chi connectivity index (χ4n) is 2.76. The summed E-state index contributed by atoms with van der Waals surface area (Å²) in [6.45, 7) is 7.58. The maximum Gasteiger partial charge on any atom is 0.243 e. The van der Waals surface area contributed by atoms with E-state index in [1.54, 1.807) is 19.1 Å². The van der Waals surface area contributed by atoms with Gasteiger partial charge in [-0.15, -0.1) is 0 Å². The summed E-state index contributed by atoms with van der Waals surface area (Å²) in [6.07, 6.45) is 1.10. The Morgan fingerprint density at radius 3 is 2.00 bits per heavy atom. The molecule has 152 valence electrons. The van der Waals surface area contributed by atoms with E-state index in [2.05, 4.69) is 5.32 Å². The van der Waals surface area contributed by atoms with Crippen molar-refractivity contribution in [3.63, 3.8) is 0 Å². The maximum absolute atomic E-state index is 12.7. The SMILES string of the molecule is Cc1ccc(OC[C@H](C)NC(=O)[C@H](C)N(c2ccc(C)cc2)S(C)(=O)=O)cc1. The first-order valence-electron chi connectivity index (χ1n) is 9.14. The molecule has 1 N–H and O–H groups in total. The fourth-order valence-corrected chi connectivity index (χ4v) is 3.94. The second kappa shape index (κ2) is 9.10.